The summed E-state index contributed by atoms with van der Waals surface area (Å²) in [5, 5.41) is 8.89. The fourth-order valence-electron chi connectivity index (χ4n) is 3.19. The first-order valence-electron chi connectivity index (χ1n) is 7.96. The maximum Gasteiger partial charge on any atom is 0.335 e. The number of methoxy groups -OCH3 is 1. The summed E-state index contributed by atoms with van der Waals surface area (Å²) in [6.07, 6.45) is 0.765. The molecule has 0 aliphatic carbocycles. The van der Waals surface area contributed by atoms with Crippen LogP contribution in [0.2, 0.25) is 0 Å². The Kier molecular flexibility index (Phi) is 4.70. The van der Waals surface area contributed by atoms with E-state index in [9.17, 15) is 14.0 Å². The van der Waals surface area contributed by atoms with E-state index in [0.717, 1.165) is 23.8 Å². The first-order chi connectivity index (χ1) is 12.0. The number of hydrogen-bond acceptors (Lipinski definition) is 3. The van der Waals surface area contributed by atoms with Crippen LogP contribution < -0.4 is 4.74 Å². The van der Waals surface area contributed by atoms with Crippen LogP contribution in [-0.4, -0.2) is 42.1 Å². The normalized spacial score (nSPS) is 16.7. The number of carboxylic acids is 1. The van der Waals surface area contributed by atoms with Gasteiger partial charge in [-0.3, -0.25) is 4.79 Å². The van der Waals surface area contributed by atoms with Crippen LogP contribution in [0.4, 0.5) is 4.39 Å². The van der Waals surface area contributed by atoms with Crippen LogP contribution in [0, 0.1) is 5.82 Å². The highest BCUT2D eigenvalue weighted by atomic mass is 19.1. The van der Waals surface area contributed by atoms with E-state index in [-0.39, 0.29) is 17.0 Å². The lowest BCUT2D eigenvalue weighted by molar-refractivity contribution is 0.0694. The molecule has 0 spiro atoms. The van der Waals surface area contributed by atoms with Crippen molar-refractivity contribution in [1.29, 1.82) is 0 Å². The van der Waals surface area contributed by atoms with Gasteiger partial charge in [0.2, 0.25) is 0 Å². The lowest BCUT2D eigenvalue weighted by atomic mass is 9.97. The van der Waals surface area contributed by atoms with E-state index in [0.29, 0.717) is 13.1 Å². The van der Waals surface area contributed by atoms with Gasteiger partial charge in [0, 0.05) is 19.0 Å². The lowest BCUT2D eigenvalue weighted by Crippen LogP contribution is -2.29. The van der Waals surface area contributed by atoms with Gasteiger partial charge in [0.05, 0.1) is 18.2 Å². The molecule has 3 rings (SSSR count). The van der Waals surface area contributed by atoms with Crippen LogP contribution in [0.15, 0.2) is 42.5 Å². The maximum atomic E-state index is 14.1. The Bertz CT molecular complexity index is 821. The van der Waals surface area contributed by atoms with Gasteiger partial charge in [-0.2, -0.15) is 0 Å². The highest BCUT2D eigenvalue weighted by Gasteiger charge is 2.30. The summed E-state index contributed by atoms with van der Waals surface area (Å²) in [4.78, 5) is 25.1. The summed E-state index contributed by atoms with van der Waals surface area (Å²) in [5.74, 6) is -1.56. The highest BCUT2D eigenvalue weighted by Crippen LogP contribution is 2.34. The molecule has 1 saturated heterocycles. The molecule has 1 amide bonds. The van der Waals surface area contributed by atoms with E-state index in [1.165, 1.54) is 12.1 Å². The van der Waals surface area contributed by atoms with Crippen molar-refractivity contribution in [3.05, 3.63) is 65.0 Å². The molecule has 1 fully saturated rings. The van der Waals surface area contributed by atoms with E-state index in [1.54, 1.807) is 12.0 Å². The number of ether oxygens (including phenoxy) is 1. The third kappa shape index (κ3) is 3.33. The third-order valence-electron chi connectivity index (χ3n) is 4.50. The van der Waals surface area contributed by atoms with Gasteiger partial charge in [0.25, 0.3) is 5.91 Å². The van der Waals surface area contributed by atoms with Gasteiger partial charge >= 0.3 is 5.97 Å². The fourth-order valence-corrected chi connectivity index (χ4v) is 3.19. The minimum atomic E-state index is -1.23. The Morgan fingerprint density at radius 2 is 2.00 bits per heavy atom. The highest BCUT2D eigenvalue weighted by molar-refractivity contribution is 5.96. The van der Waals surface area contributed by atoms with Gasteiger partial charge in [0.15, 0.2) is 0 Å². The average Bonchev–Trinajstić information content (AvgIpc) is 3.10. The number of carbonyl (C=O) groups is 2. The molecule has 5 nitrogen and oxygen atoms in total. The summed E-state index contributed by atoms with van der Waals surface area (Å²) in [5.41, 5.74) is 0.745. The van der Waals surface area contributed by atoms with Gasteiger partial charge in [-0.25, -0.2) is 9.18 Å². The van der Waals surface area contributed by atoms with Crippen molar-refractivity contribution >= 4 is 11.9 Å². The molecule has 25 heavy (non-hydrogen) atoms. The molecule has 0 bridgehead atoms. The topological polar surface area (TPSA) is 66.8 Å². The Morgan fingerprint density at radius 3 is 2.68 bits per heavy atom. The summed E-state index contributed by atoms with van der Waals surface area (Å²) in [6.45, 7) is 0.987. The SMILES string of the molecule is COc1ccccc1C1CCN(C(=O)c2ccc(C(=O)O)cc2F)C1. The zero-order valence-electron chi connectivity index (χ0n) is 13.7. The van der Waals surface area contributed by atoms with E-state index in [1.807, 2.05) is 24.3 Å². The summed E-state index contributed by atoms with van der Waals surface area (Å²) < 4.78 is 19.5. The molecule has 1 unspecified atom stereocenters. The van der Waals surface area contributed by atoms with Crippen molar-refractivity contribution in [2.24, 2.45) is 0 Å². The van der Waals surface area contributed by atoms with Gasteiger partial charge in [-0.05, 0) is 36.2 Å². The number of benzene rings is 2. The maximum absolute atomic E-state index is 14.1. The quantitative estimate of drug-likeness (QED) is 0.926. The van der Waals surface area contributed by atoms with Crippen molar-refractivity contribution < 1.29 is 23.8 Å². The second-order valence-corrected chi connectivity index (χ2v) is 5.98. The zero-order chi connectivity index (χ0) is 18.0. The van der Waals surface area contributed by atoms with Gasteiger partial charge < -0.3 is 14.7 Å². The number of halogens is 1. The van der Waals surface area contributed by atoms with Crippen LogP contribution in [0.1, 0.15) is 38.6 Å². The van der Waals surface area contributed by atoms with Crippen molar-refractivity contribution in [3.63, 3.8) is 0 Å². The Hall–Kier alpha value is -2.89. The van der Waals surface area contributed by atoms with Gasteiger partial charge in [0.1, 0.15) is 11.6 Å². The smallest absolute Gasteiger partial charge is 0.335 e. The van der Waals surface area contributed by atoms with Crippen LogP contribution in [-0.2, 0) is 0 Å². The molecule has 2 aromatic carbocycles. The van der Waals surface area contributed by atoms with Gasteiger partial charge in [-0.1, -0.05) is 18.2 Å². The van der Waals surface area contributed by atoms with Crippen molar-refractivity contribution in [2.45, 2.75) is 12.3 Å². The van der Waals surface area contributed by atoms with E-state index in [4.69, 9.17) is 9.84 Å². The number of aromatic carboxylic acids is 1. The summed E-state index contributed by atoms with van der Waals surface area (Å²) >= 11 is 0. The molecule has 0 radical (unpaired) electrons. The molecule has 130 valence electrons. The fraction of sp³-hybridized carbons (Fsp3) is 0.263. The predicted molar refractivity (Wildman–Crippen MR) is 89.6 cm³/mol. The third-order valence-corrected chi connectivity index (χ3v) is 4.50. The van der Waals surface area contributed by atoms with Crippen molar-refractivity contribution in [2.75, 3.05) is 20.2 Å². The Morgan fingerprint density at radius 1 is 1.24 bits per heavy atom. The predicted octanol–water partition coefficient (Wildman–Crippen LogP) is 3.16. The minimum Gasteiger partial charge on any atom is -0.496 e. The number of nitrogens with zero attached hydrogens (tertiary/aromatic N) is 1. The first-order valence-corrected chi connectivity index (χ1v) is 7.96. The van der Waals surface area contributed by atoms with Crippen LogP contribution in [0.25, 0.3) is 0 Å². The Labute approximate surface area is 144 Å². The standard InChI is InChI=1S/C19H18FNO4/c1-25-17-5-3-2-4-14(17)13-8-9-21(11-13)18(22)15-7-6-12(19(23)24)10-16(15)20/h2-7,10,13H,8-9,11H2,1H3,(H,23,24). The molecule has 0 saturated carbocycles. The minimum absolute atomic E-state index is 0.106. The first kappa shape index (κ1) is 17.0. The van der Waals surface area contributed by atoms with Crippen molar-refractivity contribution in [3.8, 4) is 5.75 Å². The monoisotopic (exact) mass is 343 g/mol. The van der Waals surface area contributed by atoms with E-state index in [2.05, 4.69) is 0 Å². The number of para-hydroxylation sites is 1. The molecule has 0 aromatic heterocycles. The second kappa shape index (κ2) is 6.93. The number of likely N-dealkylation sites (tertiary alicyclic amines) is 1. The number of carboxylic acid groups (broad SMARTS) is 1. The molecule has 1 aliphatic heterocycles. The summed E-state index contributed by atoms with van der Waals surface area (Å²) in [7, 11) is 1.61. The molecule has 1 heterocycles. The molecule has 6 heteroatoms. The second-order valence-electron chi connectivity index (χ2n) is 5.98. The number of rotatable bonds is 4. The molecule has 1 aliphatic rings. The molecule has 2 aromatic rings. The molecular weight excluding hydrogens is 325 g/mol. The Balaban J connectivity index is 1.78. The average molecular weight is 343 g/mol. The zero-order valence-corrected chi connectivity index (χ0v) is 13.7. The number of hydrogen-bond donors (Lipinski definition) is 1. The van der Waals surface area contributed by atoms with Crippen LogP contribution in [0.5, 0.6) is 5.75 Å². The van der Waals surface area contributed by atoms with E-state index >= 15 is 0 Å². The number of amides is 1. The van der Waals surface area contributed by atoms with Crippen LogP contribution in [0.3, 0.4) is 0 Å². The van der Waals surface area contributed by atoms with Gasteiger partial charge in [-0.15, -0.1) is 0 Å². The lowest BCUT2D eigenvalue weighted by Gasteiger charge is -2.18. The molecule has 1 N–H and O–H groups in total. The molecule has 1 atom stereocenters. The number of carbonyl (C=O) groups excluding carboxylic acids is 1. The summed E-state index contributed by atoms with van der Waals surface area (Å²) in [6, 6.07) is 11.0. The van der Waals surface area contributed by atoms with E-state index < -0.39 is 17.7 Å². The largest absolute Gasteiger partial charge is 0.496 e. The van der Waals surface area contributed by atoms with Crippen LogP contribution >= 0.6 is 0 Å². The van der Waals surface area contributed by atoms with Crippen molar-refractivity contribution in [1.82, 2.24) is 4.90 Å². The molecular formula is C19H18FNO4.